The summed E-state index contributed by atoms with van der Waals surface area (Å²) in [5, 5.41) is 6.78. The Morgan fingerprint density at radius 3 is 2.83 bits per heavy atom. The molecule has 0 radical (unpaired) electrons. The summed E-state index contributed by atoms with van der Waals surface area (Å²) in [6, 6.07) is 13.0. The molecule has 2 heterocycles. The van der Waals surface area contributed by atoms with E-state index >= 15 is 0 Å². The number of benzene rings is 1. The molecule has 0 saturated carbocycles. The van der Waals surface area contributed by atoms with Crippen molar-refractivity contribution in [3.05, 3.63) is 72.2 Å². The van der Waals surface area contributed by atoms with Crippen LogP contribution in [0.1, 0.15) is 15.9 Å². The second-order valence-corrected chi connectivity index (χ2v) is 5.01. The van der Waals surface area contributed by atoms with Crippen molar-refractivity contribution in [1.82, 2.24) is 14.8 Å². The summed E-state index contributed by atoms with van der Waals surface area (Å²) < 4.78 is 7.25. The van der Waals surface area contributed by atoms with E-state index in [1.165, 1.54) is 0 Å². The van der Waals surface area contributed by atoms with E-state index in [0.717, 1.165) is 5.56 Å². The van der Waals surface area contributed by atoms with Crippen LogP contribution in [0.3, 0.4) is 0 Å². The molecular formula is C17H16N4O2. The van der Waals surface area contributed by atoms with Crippen LogP contribution in [0.4, 0.5) is 5.69 Å². The Morgan fingerprint density at radius 2 is 2.09 bits per heavy atom. The van der Waals surface area contributed by atoms with E-state index in [9.17, 15) is 4.79 Å². The number of rotatable bonds is 5. The molecule has 6 heteroatoms. The minimum Gasteiger partial charge on any atom is -0.473 e. The van der Waals surface area contributed by atoms with E-state index in [4.69, 9.17) is 4.74 Å². The average Bonchev–Trinajstić information content (AvgIpc) is 2.99. The smallest absolute Gasteiger partial charge is 0.256 e. The van der Waals surface area contributed by atoms with Gasteiger partial charge in [-0.1, -0.05) is 30.3 Å². The number of aryl methyl sites for hydroxylation is 1. The molecule has 0 bridgehead atoms. The van der Waals surface area contributed by atoms with Gasteiger partial charge in [-0.15, -0.1) is 0 Å². The van der Waals surface area contributed by atoms with Crippen LogP contribution < -0.4 is 10.1 Å². The van der Waals surface area contributed by atoms with E-state index < -0.39 is 0 Å². The van der Waals surface area contributed by atoms with Crippen LogP contribution in [-0.2, 0) is 13.7 Å². The number of amides is 1. The Hall–Kier alpha value is -3.15. The van der Waals surface area contributed by atoms with Crippen molar-refractivity contribution in [2.24, 2.45) is 7.05 Å². The Labute approximate surface area is 133 Å². The highest BCUT2D eigenvalue weighted by atomic mass is 16.5. The molecule has 0 aliphatic carbocycles. The van der Waals surface area contributed by atoms with Crippen LogP contribution in [0.5, 0.6) is 5.88 Å². The zero-order valence-electron chi connectivity index (χ0n) is 12.6. The van der Waals surface area contributed by atoms with Crippen molar-refractivity contribution in [1.29, 1.82) is 0 Å². The number of hydrogen-bond acceptors (Lipinski definition) is 4. The van der Waals surface area contributed by atoms with Gasteiger partial charge in [0.2, 0.25) is 5.88 Å². The largest absolute Gasteiger partial charge is 0.473 e. The number of pyridine rings is 1. The van der Waals surface area contributed by atoms with E-state index in [1.807, 2.05) is 30.3 Å². The van der Waals surface area contributed by atoms with Crippen molar-refractivity contribution in [3.63, 3.8) is 0 Å². The molecule has 1 amide bonds. The Kier molecular flexibility index (Phi) is 4.33. The minimum atomic E-state index is -0.232. The maximum Gasteiger partial charge on any atom is 0.256 e. The van der Waals surface area contributed by atoms with Gasteiger partial charge in [-0.05, 0) is 11.6 Å². The molecule has 1 N–H and O–H groups in total. The van der Waals surface area contributed by atoms with E-state index in [2.05, 4.69) is 15.4 Å². The van der Waals surface area contributed by atoms with Crippen LogP contribution in [0.15, 0.2) is 61.1 Å². The fourth-order valence-corrected chi connectivity index (χ4v) is 2.05. The number of nitrogens with zero attached hydrogens (tertiary/aromatic N) is 3. The predicted molar refractivity (Wildman–Crippen MR) is 86.2 cm³/mol. The number of nitrogens with one attached hydrogen (secondary N) is 1. The fourth-order valence-electron chi connectivity index (χ4n) is 2.05. The summed E-state index contributed by atoms with van der Waals surface area (Å²) >= 11 is 0. The van der Waals surface area contributed by atoms with Crippen LogP contribution in [0.25, 0.3) is 0 Å². The molecule has 0 aliphatic rings. The van der Waals surface area contributed by atoms with E-state index in [-0.39, 0.29) is 5.91 Å². The second kappa shape index (κ2) is 6.74. The molecule has 0 saturated heterocycles. The number of carbonyl (C=O) groups excluding carboxylic acids is 1. The lowest BCUT2D eigenvalue weighted by Crippen LogP contribution is -2.12. The van der Waals surface area contributed by atoms with Gasteiger partial charge in [-0.25, -0.2) is 4.98 Å². The van der Waals surface area contributed by atoms with Gasteiger partial charge in [0.1, 0.15) is 6.61 Å². The van der Waals surface area contributed by atoms with Gasteiger partial charge in [0.05, 0.1) is 11.9 Å². The molecule has 0 atom stereocenters. The molecule has 3 rings (SSSR count). The number of aromatic nitrogens is 3. The molecule has 1 aromatic carbocycles. The fraction of sp³-hybridized carbons (Fsp3) is 0.118. The van der Waals surface area contributed by atoms with Gasteiger partial charge < -0.3 is 10.1 Å². The summed E-state index contributed by atoms with van der Waals surface area (Å²) in [7, 11) is 1.79. The number of hydrogen-bond donors (Lipinski definition) is 1. The molecule has 2 aromatic heterocycles. The van der Waals surface area contributed by atoms with Crippen LogP contribution in [-0.4, -0.2) is 20.7 Å². The van der Waals surface area contributed by atoms with Crippen molar-refractivity contribution in [3.8, 4) is 5.88 Å². The Morgan fingerprint density at radius 1 is 1.26 bits per heavy atom. The monoisotopic (exact) mass is 308 g/mol. The van der Waals surface area contributed by atoms with Crippen LogP contribution >= 0.6 is 0 Å². The maximum absolute atomic E-state index is 12.2. The number of ether oxygens (including phenoxy) is 1. The summed E-state index contributed by atoms with van der Waals surface area (Å²) in [6.45, 7) is 0.404. The standard InChI is InChI=1S/C17H16N4O2/c1-21-11-15(10-19-21)20-17(22)14-7-8-18-16(9-14)23-12-13-5-3-2-4-6-13/h2-11H,12H2,1H3,(H,20,22). The zero-order chi connectivity index (χ0) is 16.1. The quantitative estimate of drug-likeness (QED) is 0.786. The molecule has 0 unspecified atom stereocenters. The first-order chi connectivity index (χ1) is 11.2. The summed E-state index contributed by atoms with van der Waals surface area (Å²) in [6.07, 6.45) is 4.87. The van der Waals surface area contributed by atoms with Gasteiger partial charge in [-0.2, -0.15) is 5.10 Å². The average molecular weight is 308 g/mol. The third kappa shape index (κ3) is 3.94. The normalized spacial score (nSPS) is 10.3. The first-order valence-corrected chi connectivity index (χ1v) is 7.13. The lowest BCUT2D eigenvalue weighted by atomic mass is 10.2. The predicted octanol–water partition coefficient (Wildman–Crippen LogP) is 2.65. The third-order valence-electron chi connectivity index (χ3n) is 3.19. The van der Waals surface area contributed by atoms with E-state index in [1.54, 1.807) is 42.5 Å². The zero-order valence-corrected chi connectivity index (χ0v) is 12.6. The third-order valence-corrected chi connectivity index (χ3v) is 3.19. The lowest BCUT2D eigenvalue weighted by Gasteiger charge is -2.07. The topological polar surface area (TPSA) is 69.0 Å². The summed E-state index contributed by atoms with van der Waals surface area (Å²) in [5.41, 5.74) is 2.16. The van der Waals surface area contributed by atoms with Gasteiger partial charge in [0.15, 0.2) is 0 Å². The highest BCUT2D eigenvalue weighted by molar-refractivity contribution is 6.04. The highest BCUT2D eigenvalue weighted by Gasteiger charge is 2.09. The maximum atomic E-state index is 12.2. The van der Waals surface area contributed by atoms with Gasteiger partial charge >= 0.3 is 0 Å². The van der Waals surface area contributed by atoms with Crippen molar-refractivity contribution < 1.29 is 9.53 Å². The lowest BCUT2D eigenvalue weighted by molar-refractivity contribution is 0.102. The van der Waals surface area contributed by atoms with Gasteiger partial charge in [0, 0.05) is 31.1 Å². The Balaban J connectivity index is 1.65. The van der Waals surface area contributed by atoms with Gasteiger partial charge in [0.25, 0.3) is 5.91 Å². The molecule has 6 nitrogen and oxygen atoms in total. The SMILES string of the molecule is Cn1cc(NC(=O)c2ccnc(OCc3ccccc3)c2)cn1. The molecule has 0 fully saturated rings. The number of carbonyl (C=O) groups is 1. The first kappa shape index (κ1) is 14.8. The molecule has 0 spiro atoms. The molecule has 116 valence electrons. The summed E-state index contributed by atoms with van der Waals surface area (Å²) in [4.78, 5) is 16.3. The van der Waals surface area contributed by atoms with Crippen LogP contribution in [0.2, 0.25) is 0 Å². The van der Waals surface area contributed by atoms with E-state index in [0.29, 0.717) is 23.7 Å². The second-order valence-electron chi connectivity index (χ2n) is 5.01. The summed E-state index contributed by atoms with van der Waals surface area (Å²) in [5.74, 6) is 0.178. The minimum absolute atomic E-state index is 0.232. The molecule has 23 heavy (non-hydrogen) atoms. The highest BCUT2D eigenvalue weighted by Crippen LogP contribution is 2.14. The van der Waals surface area contributed by atoms with Crippen molar-refractivity contribution in [2.45, 2.75) is 6.61 Å². The molecule has 0 aliphatic heterocycles. The van der Waals surface area contributed by atoms with Crippen molar-refractivity contribution >= 4 is 11.6 Å². The molecular weight excluding hydrogens is 292 g/mol. The number of anilines is 1. The first-order valence-electron chi connectivity index (χ1n) is 7.13. The Bertz CT molecular complexity index is 799. The van der Waals surface area contributed by atoms with Gasteiger partial charge in [-0.3, -0.25) is 9.48 Å². The molecule has 3 aromatic rings. The van der Waals surface area contributed by atoms with Crippen LogP contribution in [0, 0.1) is 0 Å². The van der Waals surface area contributed by atoms with Crippen molar-refractivity contribution in [2.75, 3.05) is 5.32 Å².